The average molecular weight is 296 g/mol. The molecule has 0 radical (unpaired) electrons. The van der Waals surface area contributed by atoms with Crippen LogP contribution in [-0.4, -0.2) is 46.4 Å². The second-order valence-corrected chi connectivity index (χ2v) is 4.50. The molecule has 1 aromatic carbocycles. The largest absolute Gasteiger partial charge is 0.497 e. The van der Waals surface area contributed by atoms with E-state index in [9.17, 15) is 4.79 Å². The van der Waals surface area contributed by atoms with Gasteiger partial charge in [0.15, 0.2) is 6.61 Å². The van der Waals surface area contributed by atoms with Gasteiger partial charge in [0, 0.05) is 26.3 Å². The number of methoxy groups -OCH3 is 2. The minimum Gasteiger partial charge on any atom is -0.497 e. The number of nitrogens with two attached hydrogens (primary N) is 1. The minimum absolute atomic E-state index is 0.0300. The molecule has 0 aromatic heterocycles. The number of amides is 1. The van der Waals surface area contributed by atoms with Crippen molar-refractivity contribution in [2.45, 2.75) is 12.8 Å². The van der Waals surface area contributed by atoms with E-state index in [4.69, 9.17) is 19.9 Å². The van der Waals surface area contributed by atoms with E-state index in [1.54, 1.807) is 20.3 Å². The van der Waals surface area contributed by atoms with Gasteiger partial charge in [-0.15, -0.1) is 0 Å². The number of carbonyl (C=O) groups is 1. The molecule has 1 aromatic rings. The SMILES string of the molecule is COCCCNC(=O)COc1cc(OC)ccc1CCN. The Morgan fingerprint density at radius 2 is 2.14 bits per heavy atom. The van der Waals surface area contributed by atoms with E-state index in [0.29, 0.717) is 37.6 Å². The van der Waals surface area contributed by atoms with E-state index in [1.807, 2.05) is 12.1 Å². The van der Waals surface area contributed by atoms with Crippen LogP contribution in [0.2, 0.25) is 0 Å². The van der Waals surface area contributed by atoms with Crippen LogP contribution in [0.4, 0.5) is 0 Å². The predicted molar refractivity (Wildman–Crippen MR) is 80.8 cm³/mol. The molecule has 6 heteroatoms. The predicted octanol–water partition coefficient (Wildman–Crippen LogP) is 0.728. The molecule has 0 spiro atoms. The van der Waals surface area contributed by atoms with Gasteiger partial charge in [0.05, 0.1) is 7.11 Å². The Morgan fingerprint density at radius 1 is 1.33 bits per heavy atom. The van der Waals surface area contributed by atoms with E-state index in [0.717, 1.165) is 12.0 Å². The highest BCUT2D eigenvalue weighted by atomic mass is 16.5. The summed E-state index contributed by atoms with van der Waals surface area (Å²) in [6, 6.07) is 5.52. The molecule has 0 heterocycles. The molecule has 0 saturated heterocycles. The third-order valence-electron chi connectivity index (χ3n) is 2.89. The number of hydrogen-bond acceptors (Lipinski definition) is 5. The lowest BCUT2D eigenvalue weighted by Gasteiger charge is -2.12. The lowest BCUT2D eigenvalue weighted by atomic mass is 10.1. The highest BCUT2D eigenvalue weighted by Gasteiger charge is 2.08. The summed E-state index contributed by atoms with van der Waals surface area (Å²) >= 11 is 0. The second kappa shape index (κ2) is 10.0. The number of benzene rings is 1. The number of nitrogens with one attached hydrogen (secondary N) is 1. The second-order valence-electron chi connectivity index (χ2n) is 4.50. The zero-order chi connectivity index (χ0) is 15.5. The van der Waals surface area contributed by atoms with Crippen LogP contribution in [0.15, 0.2) is 18.2 Å². The van der Waals surface area contributed by atoms with Gasteiger partial charge in [0.1, 0.15) is 11.5 Å². The first-order chi connectivity index (χ1) is 10.2. The highest BCUT2D eigenvalue weighted by molar-refractivity contribution is 5.77. The van der Waals surface area contributed by atoms with Crippen molar-refractivity contribution in [3.63, 3.8) is 0 Å². The molecule has 6 nitrogen and oxygen atoms in total. The molecule has 118 valence electrons. The number of hydrogen-bond donors (Lipinski definition) is 2. The first kappa shape index (κ1) is 17.3. The van der Waals surface area contributed by atoms with Gasteiger partial charge in [0.25, 0.3) is 5.91 Å². The Bertz CT molecular complexity index is 438. The molecule has 1 amide bonds. The van der Waals surface area contributed by atoms with Crippen molar-refractivity contribution in [2.75, 3.05) is 40.5 Å². The van der Waals surface area contributed by atoms with Crippen molar-refractivity contribution in [1.82, 2.24) is 5.32 Å². The third kappa shape index (κ3) is 6.46. The van der Waals surface area contributed by atoms with Crippen LogP contribution in [0.5, 0.6) is 11.5 Å². The van der Waals surface area contributed by atoms with Crippen molar-refractivity contribution in [1.29, 1.82) is 0 Å². The Balaban J connectivity index is 2.50. The maximum atomic E-state index is 11.7. The molecule has 0 unspecified atom stereocenters. The monoisotopic (exact) mass is 296 g/mol. The topological polar surface area (TPSA) is 82.8 Å². The van der Waals surface area contributed by atoms with Gasteiger partial charge < -0.3 is 25.3 Å². The molecule has 0 aliphatic heterocycles. The summed E-state index contributed by atoms with van der Waals surface area (Å²) in [5, 5.41) is 2.77. The van der Waals surface area contributed by atoms with Gasteiger partial charge >= 0.3 is 0 Å². The number of ether oxygens (including phenoxy) is 3. The van der Waals surface area contributed by atoms with E-state index in [-0.39, 0.29) is 12.5 Å². The molecule has 0 aliphatic carbocycles. The molecule has 0 atom stereocenters. The van der Waals surface area contributed by atoms with Crippen molar-refractivity contribution in [3.8, 4) is 11.5 Å². The van der Waals surface area contributed by atoms with Crippen molar-refractivity contribution in [2.24, 2.45) is 5.73 Å². The van der Waals surface area contributed by atoms with Gasteiger partial charge in [-0.25, -0.2) is 0 Å². The molecule has 21 heavy (non-hydrogen) atoms. The van der Waals surface area contributed by atoms with E-state index in [2.05, 4.69) is 5.32 Å². The molecule has 1 rings (SSSR count). The van der Waals surface area contributed by atoms with Crippen molar-refractivity contribution in [3.05, 3.63) is 23.8 Å². The Labute approximate surface area is 125 Å². The summed E-state index contributed by atoms with van der Waals surface area (Å²) in [4.78, 5) is 11.7. The first-order valence-corrected chi connectivity index (χ1v) is 6.96. The fourth-order valence-corrected chi connectivity index (χ4v) is 1.80. The number of carbonyl (C=O) groups excluding carboxylic acids is 1. The van der Waals surface area contributed by atoms with Gasteiger partial charge in [-0.3, -0.25) is 4.79 Å². The molecular formula is C15H24N2O4. The summed E-state index contributed by atoms with van der Waals surface area (Å²) in [5.41, 5.74) is 6.54. The lowest BCUT2D eigenvalue weighted by Crippen LogP contribution is -2.30. The van der Waals surface area contributed by atoms with Crippen LogP contribution in [-0.2, 0) is 16.0 Å². The van der Waals surface area contributed by atoms with Gasteiger partial charge in [0.2, 0.25) is 0 Å². The van der Waals surface area contributed by atoms with Crippen molar-refractivity contribution < 1.29 is 19.0 Å². The first-order valence-electron chi connectivity index (χ1n) is 6.96. The molecule has 0 aliphatic rings. The normalized spacial score (nSPS) is 10.2. The molecular weight excluding hydrogens is 272 g/mol. The Kier molecular flexibility index (Phi) is 8.23. The van der Waals surface area contributed by atoms with Gasteiger partial charge in [-0.1, -0.05) is 6.07 Å². The minimum atomic E-state index is -0.160. The molecule has 0 bridgehead atoms. The van der Waals surface area contributed by atoms with Gasteiger partial charge in [-0.2, -0.15) is 0 Å². The zero-order valence-electron chi connectivity index (χ0n) is 12.7. The fraction of sp³-hybridized carbons (Fsp3) is 0.533. The zero-order valence-corrected chi connectivity index (χ0v) is 12.7. The standard InChI is InChI=1S/C15H24N2O4/c1-19-9-3-8-17-15(18)11-21-14-10-13(20-2)5-4-12(14)6-7-16/h4-5,10H,3,6-9,11,16H2,1-2H3,(H,17,18). The van der Waals surface area contributed by atoms with Crippen LogP contribution >= 0.6 is 0 Å². The lowest BCUT2D eigenvalue weighted by molar-refractivity contribution is -0.123. The Morgan fingerprint density at radius 3 is 2.81 bits per heavy atom. The summed E-state index contributed by atoms with van der Waals surface area (Å²) in [6.07, 6.45) is 1.47. The number of rotatable bonds is 10. The van der Waals surface area contributed by atoms with Crippen LogP contribution in [0, 0.1) is 0 Å². The van der Waals surface area contributed by atoms with Gasteiger partial charge in [-0.05, 0) is 31.0 Å². The van der Waals surface area contributed by atoms with E-state index >= 15 is 0 Å². The maximum Gasteiger partial charge on any atom is 0.257 e. The molecule has 3 N–H and O–H groups in total. The van der Waals surface area contributed by atoms with Crippen LogP contribution in [0.25, 0.3) is 0 Å². The summed E-state index contributed by atoms with van der Waals surface area (Å²) in [5.74, 6) is 1.16. The van der Waals surface area contributed by atoms with E-state index in [1.165, 1.54) is 0 Å². The van der Waals surface area contributed by atoms with Crippen molar-refractivity contribution >= 4 is 5.91 Å². The Hall–Kier alpha value is -1.79. The van der Waals surface area contributed by atoms with Crippen LogP contribution in [0.3, 0.4) is 0 Å². The quantitative estimate of drug-likeness (QED) is 0.622. The molecule has 0 fully saturated rings. The van der Waals surface area contributed by atoms with Crippen LogP contribution in [0.1, 0.15) is 12.0 Å². The smallest absolute Gasteiger partial charge is 0.257 e. The highest BCUT2D eigenvalue weighted by Crippen LogP contribution is 2.25. The molecule has 0 saturated carbocycles. The summed E-state index contributed by atoms with van der Waals surface area (Å²) < 4.78 is 15.6. The summed E-state index contributed by atoms with van der Waals surface area (Å²) in [6.45, 7) is 1.69. The summed E-state index contributed by atoms with van der Waals surface area (Å²) in [7, 11) is 3.22. The average Bonchev–Trinajstić information content (AvgIpc) is 2.51. The van der Waals surface area contributed by atoms with Crippen LogP contribution < -0.4 is 20.5 Å². The fourth-order valence-electron chi connectivity index (χ4n) is 1.80. The van der Waals surface area contributed by atoms with E-state index < -0.39 is 0 Å². The third-order valence-corrected chi connectivity index (χ3v) is 2.89. The maximum absolute atomic E-state index is 11.7.